The summed E-state index contributed by atoms with van der Waals surface area (Å²) < 4.78 is 19.5. The minimum absolute atomic E-state index is 0.0120. The molecule has 4 rings (SSSR count). The fraction of sp³-hybridized carbons (Fsp3) is 0.250. The number of aromatic nitrogens is 2. The Balaban J connectivity index is 1.47. The van der Waals surface area contributed by atoms with Gasteiger partial charge in [0.1, 0.15) is 5.82 Å². The van der Waals surface area contributed by atoms with E-state index >= 15 is 0 Å². The third kappa shape index (κ3) is 5.67. The Morgan fingerprint density at radius 1 is 1.17 bits per heavy atom. The van der Waals surface area contributed by atoms with Crippen molar-refractivity contribution in [3.05, 3.63) is 69.5 Å². The lowest BCUT2D eigenvalue weighted by Gasteiger charge is -2.27. The molecule has 12 heteroatoms. The number of hydrogen-bond donors (Lipinski definition) is 2. The van der Waals surface area contributed by atoms with Gasteiger partial charge in [0, 0.05) is 49.3 Å². The second kappa shape index (κ2) is 11.5. The van der Waals surface area contributed by atoms with E-state index in [9.17, 15) is 14.0 Å². The van der Waals surface area contributed by atoms with E-state index in [2.05, 4.69) is 15.5 Å². The van der Waals surface area contributed by atoms with Crippen LogP contribution in [0, 0.1) is 5.82 Å². The van der Waals surface area contributed by atoms with Crippen LogP contribution in [0.15, 0.2) is 42.5 Å². The molecule has 0 unspecified atom stereocenters. The maximum Gasteiger partial charge on any atom is 0.253 e. The molecule has 1 aliphatic rings. The van der Waals surface area contributed by atoms with E-state index in [1.54, 1.807) is 29.2 Å². The molecule has 0 radical (unpaired) electrons. The Labute approximate surface area is 216 Å². The maximum absolute atomic E-state index is 13.7. The SMILES string of the molecule is Nc1nnc(N(C=O)c2ccc(C(=O)N3CCNCC3)cc2)cc1OCCc1c(Cl)ccc(F)c1Cl. The van der Waals surface area contributed by atoms with Crippen LogP contribution in [0.3, 0.4) is 0 Å². The number of rotatable bonds is 8. The first kappa shape index (κ1) is 25.6. The number of benzene rings is 2. The summed E-state index contributed by atoms with van der Waals surface area (Å²) in [7, 11) is 0. The molecule has 0 spiro atoms. The fourth-order valence-corrected chi connectivity index (χ4v) is 4.29. The highest BCUT2D eigenvalue weighted by Gasteiger charge is 2.19. The first-order chi connectivity index (χ1) is 17.4. The molecular weight excluding hydrogens is 510 g/mol. The van der Waals surface area contributed by atoms with Gasteiger partial charge in [-0.15, -0.1) is 10.2 Å². The molecule has 0 bridgehead atoms. The third-order valence-corrected chi connectivity index (χ3v) is 6.43. The van der Waals surface area contributed by atoms with E-state index in [-0.39, 0.29) is 41.3 Å². The van der Waals surface area contributed by atoms with Crippen molar-refractivity contribution in [2.24, 2.45) is 0 Å². The Morgan fingerprint density at radius 3 is 2.58 bits per heavy atom. The fourth-order valence-electron chi connectivity index (χ4n) is 3.73. The lowest BCUT2D eigenvalue weighted by molar-refractivity contribution is -0.106. The van der Waals surface area contributed by atoms with Gasteiger partial charge in [-0.3, -0.25) is 14.5 Å². The number of hydrogen-bond acceptors (Lipinski definition) is 7. The van der Waals surface area contributed by atoms with Crippen molar-refractivity contribution in [2.75, 3.05) is 43.4 Å². The van der Waals surface area contributed by atoms with Crippen LogP contribution in [0.1, 0.15) is 15.9 Å². The Morgan fingerprint density at radius 2 is 1.89 bits per heavy atom. The third-order valence-electron chi connectivity index (χ3n) is 5.67. The number of halogens is 3. The molecule has 3 aromatic rings. The van der Waals surface area contributed by atoms with E-state index < -0.39 is 5.82 Å². The number of nitrogens with one attached hydrogen (secondary N) is 1. The minimum atomic E-state index is -0.578. The molecule has 0 saturated carbocycles. The molecule has 2 aromatic carbocycles. The Bertz CT molecular complexity index is 1260. The Hall–Kier alpha value is -3.47. The Kier molecular flexibility index (Phi) is 8.19. The van der Waals surface area contributed by atoms with Crippen LogP contribution in [-0.4, -0.2) is 60.2 Å². The maximum atomic E-state index is 13.7. The topological polar surface area (TPSA) is 114 Å². The quantitative estimate of drug-likeness (QED) is 0.337. The van der Waals surface area contributed by atoms with Crippen LogP contribution in [0.25, 0.3) is 0 Å². The minimum Gasteiger partial charge on any atom is -0.489 e. The van der Waals surface area contributed by atoms with Crippen LogP contribution in [0.4, 0.5) is 21.7 Å². The molecule has 3 N–H and O–H groups in total. The summed E-state index contributed by atoms with van der Waals surface area (Å²) in [6.45, 7) is 2.86. The lowest BCUT2D eigenvalue weighted by Crippen LogP contribution is -2.46. The predicted molar refractivity (Wildman–Crippen MR) is 135 cm³/mol. The van der Waals surface area contributed by atoms with Gasteiger partial charge in [0.25, 0.3) is 5.91 Å². The summed E-state index contributed by atoms with van der Waals surface area (Å²) in [5, 5.41) is 11.3. The van der Waals surface area contributed by atoms with Crippen LogP contribution < -0.4 is 20.7 Å². The van der Waals surface area contributed by atoms with Gasteiger partial charge in [-0.05, 0) is 42.0 Å². The van der Waals surface area contributed by atoms with Gasteiger partial charge < -0.3 is 20.7 Å². The molecule has 188 valence electrons. The number of anilines is 3. The number of nitrogens with zero attached hydrogens (tertiary/aromatic N) is 4. The predicted octanol–water partition coefficient (Wildman–Crippen LogP) is 3.47. The van der Waals surface area contributed by atoms with Crippen LogP contribution in [0.2, 0.25) is 10.0 Å². The normalized spacial score (nSPS) is 13.4. The van der Waals surface area contributed by atoms with Crippen molar-refractivity contribution in [1.29, 1.82) is 0 Å². The van der Waals surface area contributed by atoms with Gasteiger partial charge >= 0.3 is 0 Å². The zero-order valence-electron chi connectivity index (χ0n) is 19.1. The number of carbonyl (C=O) groups excluding carboxylic acids is 2. The van der Waals surface area contributed by atoms with E-state index in [0.29, 0.717) is 41.3 Å². The zero-order valence-corrected chi connectivity index (χ0v) is 20.6. The number of amides is 2. The molecule has 2 heterocycles. The lowest BCUT2D eigenvalue weighted by atomic mass is 10.1. The average molecular weight is 533 g/mol. The molecule has 9 nitrogen and oxygen atoms in total. The highest BCUT2D eigenvalue weighted by atomic mass is 35.5. The van der Waals surface area contributed by atoms with Crippen LogP contribution in [-0.2, 0) is 11.2 Å². The molecule has 1 fully saturated rings. The van der Waals surface area contributed by atoms with E-state index in [1.165, 1.54) is 23.1 Å². The number of nitrogens with two attached hydrogens (primary N) is 1. The molecule has 1 aliphatic heterocycles. The summed E-state index contributed by atoms with van der Waals surface area (Å²) in [5.41, 5.74) is 7.30. The van der Waals surface area contributed by atoms with Gasteiger partial charge in [-0.1, -0.05) is 23.2 Å². The number of piperazine rings is 1. The van der Waals surface area contributed by atoms with Gasteiger partial charge in [0.05, 0.1) is 17.3 Å². The van der Waals surface area contributed by atoms with Gasteiger partial charge in [-0.2, -0.15) is 0 Å². The van der Waals surface area contributed by atoms with Crippen molar-refractivity contribution < 1.29 is 18.7 Å². The van der Waals surface area contributed by atoms with E-state index in [0.717, 1.165) is 13.1 Å². The first-order valence-electron chi connectivity index (χ1n) is 11.1. The van der Waals surface area contributed by atoms with Crippen molar-refractivity contribution in [1.82, 2.24) is 20.4 Å². The van der Waals surface area contributed by atoms with E-state index in [1.807, 2.05) is 0 Å². The van der Waals surface area contributed by atoms with Crippen molar-refractivity contribution in [2.45, 2.75) is 6.42 Å². The van der Waals surface area contributed by atoms with Crippen LogP contribution >= 0.6 is 23.2 Å². The van der Waals surface area contributed by atoms with E-state index in [4.69, 9.17) is 33.7 Å². The standard InChI is InChI=1S/C24H23Cl2FN6O3/c25-18-5-6-19(27)22(26)17(18)7-12-36-20-13-21(30-31-23(20)28)33(14-34)16-3-1-15(2-4-16)24(35)32-10-8-29-9-11-32/h1-6,13-14,29H,7-12H2,(H2,28,31). The highest BCUT2D eigenvalue weighted by Crippen LogP contribution is 2.30. The first-order valence-corrected chi connectivity index (χ1v) is 11.9. The van der Waals surface area contributed by atoms with Crippen LogP contribution in [0.5, 0.6) is 5.75 Å². The molecular formula is C24H23Cl2FN6O3. The van der Waals surface area contributed by atoms with Crippen molar-refractivity contribution in [3.8, 4) is 5.75 Å². The largest absolute Gasteiger partial charge is 0.489 e. The molecule has 2 amide bonds. The number of nitrogen functional groups attached to an aromatic ring is 1. The monoisotopic (exact) mass is 532 g/mol. The summed E-state index contributed by atoms with van der Waals surface area (Å²) in [6, 6.07) is 10.7. The number of ether oxygens (including phenoxy) is 1. The second-order valence-corrected chi connectivity index (χ2v) is 8.72. The molecule has 1 saturated heterocycles. The van der Waals surface area contributed by atoms with Gasteiger partial charge in [0.2, 0.25) is 6.41 Å². The second-order valence-electron chi connectivity index (χ2n) is 7.94. The summed E-state index contributed by atoms with van der Waals surface area (Å²) in [6.07, 6.45) is 0.788. The van der Waals surface area contributed by atoms with Gasteiger partial charge in [-0.25, -0.2) is 4.39 Å². The summed E-state index contributed by atoms with van der Waals surface area (Å²) in [4.78, 5) is 27.6. The molecule has 0 atom stereocenters. The molecule has 0 aliphatic carbocycles. The highest BCUT2D eigenvalue weighted by molar-refractivity contribution is 6.36. The molecule has 36 heavy (non-hydrogen) atoms. The number of carbonyl (C=O) groups is 2. The molecule has 1 aromatic heterocycles. The smallest absolute Gasteiger partial charge is 0.253 e. The van der Waals surface area contributed by atoms with Crippen molar-refractivity contribution in [3.63, 3.8) is 0 Å². The zero-order chi connectivity index (χ0) is 25.7. The average Bonchev–Trinajstić information content (AvgIpc) is 2.91. The summed E-state index contributed by atoms with van der Waals surface area (Å²) in [5.74, 6) is -0.288. The van der Waals surface area contributed by atoms with Crippen molar-refractivity contribution >= 4 is 52.8 Å². The summed E-state index contributed by atoms with van der Waals surface area (Å²) >= 11 is 12.1. The van der Waals surface area contributed by atoms with Gasteiger partial charge in [0.15, 0.2) is 17.4 Å².